The molecule has 0 aliphatic rings. The van der Waals surface area contributed by atoms with Gasteiger partial charge in [-0.3, -0.25) is 9.59 Å². The van der Waals surface area contributed by atoms with Crippen molar-refractivity contribution in [3.63, 3.8) is 0 Å². The molecule has 0 unspecified atom stereocenters. The lowest BCUT2D eigenvalue weighted by Gasteiger charge is -2.17. The highest BCUT2D eigenvalue weighted by molar-refractivity contribution is 6.33. The highest BCUT2D eigenvalue weighted by Gasteiger charge is 2.19. The Hall–Kier alpha value is -3.00. The average molecular weight is 411 g/mol. The van der Waals surface area contributed by atoms with E-state index in [0.29, 0.717) is 17.8 Å². The summed E-state index contributed by atoms with van der Waals surface area (Å²) in [5.74, 6) is -4.67. The minimum atomic E-state index is -1.27. The third-order valence-electron chi connectivity index (χ3n) is 3.70. The molecule has 0 radical (unpaired) electrons. The Balaban J connectivity index is 1.86. The molecule has 1 N–H and O–H groups in total. The zero-order chi connectivity index (χ0) is 20.8. The Bertz CT molecular complexity index is 904. The first-order valence-electron chi connectivity index (χ1n) is 8.09. The average Bonchev–Trinajstić information content (AvgIpc) is 2.64. The lowest BCUT2D eigenvalue weighted by molar-refractivity contribution is -0.136. The van der Waals surface area contributed by atoms with Crippen LogP contribution in [0.5, 0.6) is 0 Å². The number of carbonyl (C=O) groups excluding carboxylic acids is 3. The van der Waals surface area contributed by atoms with Crippen molar-refractivity contribution in [2.45, 2.75) is 6.92 Å². The van der Waals surface area contributed by atoms with E-state index in [-0.39, 0.29) is 11.6 Å². The van der Waals surface area contributed by atoms with E-state index in [1.54, 1.807) is 12.1 Å². The van der Waals surface area contributed by atoms with Gasteiger partial charge in [-0.2, -0.15) is 0 Å². The Morgan fingerprint density at radius 1 is 1.11 bits per heavy atom. The number of esters is 1. The second kappa shape index (κ2) is 9.27. The van der Waals surface area contributed by atoms with Crippen LogP contribution in [-0.2, 0) is 14.3 Å². The molecule has 0 aromatic heterocycles. The van der Waals surface area contributed by atoms with Crippen molar-refractivity contribution < 1.29 is 27.9 Å². The lowest BCUT2D eigenvalue weighted by Crippen LogP contribution is -2.37. The number of hydrogen-bond donors (Lipinski definition) is 1. The molecule has 0 bridgehead atoms. The maximum absolute atomic E-state index is 13.2. The van der Waals surface area contributed by atoms with Crippen LogP contribution in [0, 0.1) is 18.6 Å². The van der Waals surface area contributed by atoms with Crippen molar-refractivity contribution in [3.05, 3.63) is 64.2 Å². The van der Waals surface area contributed by atoms with Crippen LogP contribution in [0.15, 0.2) is 36.4 Å². The topological polar surface area (TPSA) is 75.7 Å². The minimum Gasteiger partial charge on any atom is -0.452 e. The lowest BCUT2D eigenvalue weighted by atomic mass is 10.2. The van der Waals surface area contributed by atoms with Crippen molar-refractivity contribution >= 4 is 35.1 Å². The second-order valence-corrected chi connectivity index (χ2v) is 6.39. The minimum absolute atomic E-state index is 0.268. The van der Waals surface area contributed by atoms with Gasteiger partial charge in [-0.15, -0.1) is 0 Å². The summed E-state index contributed by atoms with van der Waals surface area (Å²) in [4.78, 5) is 37.0. The summed E-state index contributed by atoms with van der Waals surface area (Å²) in [6.07, 6.45) is 0. The van der Waals surface area contributed by atoms with E-state index in [1.165, 1.54) is 7.05 Å². The molecule has 0 spiro atoms. The first-order valence-corrected chi connectivity index (χ1v) is 8.47. The van der Waals surface area contributed by atoms with Crippen LogP contribution in [0.3, 0.4) is 0 Å². The summed E-state index contributed by atoms with van der Waals surface area (Å²) in [7, 11) is 1.36. The number of hydrogen-bond acceptors (Lipinski definition) is 4. The summed E-state index contributed by atoms with van der Waals surface area (Å²) in [6, 6.07) is 8.32. The maximum Gasteiger partial charge on any atom is 0.340 e. The maximum atomic E-state index is 13.2. The van der Waals surface area contributed by atoms with Crippen molar-refractivity contribution in [1.29, 1.82) is 0 Å². The molecule has 2 aromatic carbocycles. The molecule has 0 saturated heterocycles. The third-order valence-corrected chi connectivity index (χ3v) is 4.01. The molecular formula is C19H17ClF2N2O4. The molecule has 0 saturated carbocycles. The van der Waals surface area contributed by atoms with Gasteiger partial charge in [0.1, 0.15) is 0 Å². The normalized spacial score (nSPS) is 10.3. The van der Waals surface area contributed by atoms with Crippen LogP contribution < -0.4 is 5.32 Å². The SMILES string of the molecule is Cc1ccc(NC(=O)CN(C)C(=O)COC(=O)c2cc(F)c(F)cc2Cl)cc1. The molecule has 2 aromatic rings. The van der Waals surface area contributed by atoms with Crippen LogP contribution in [0.25, 0.3) is 0 Å². The fourth-order valence-electron chi connectivity index (χ4n) is 2.14. The Morgan fingerprint density at radius 3 is 2.36 bits per heavy atom. The first-order chi connectivity index (χ1) is 13.2. The standard InChI is InChI=1S/C19H17ClF2N2O4/c1-11-3-5-12(6-4-11)23-17(25)9-24(2)18(26)10-28-19(27)13-7-15(21)16(22)8-14(13)20/h3-8H,9-10H2,1-2H3,(H,23,25). The molecular weight excluding hydrogens is 394 g/mol. The molecule has 0 aliphatic carbocycles. The van der Waals surface area contributed by atoms with Gasteiger partial charge in [-0.25, -0.2) is 13.6 Å². The van der Waals surface area contributed by atoms with Crippen molar-refractivity contribution in [3.8, 4) is 0 Å². The van der Waals surface area contributed by atoms with Gasteiger partial charge in [0.05, 0.1) is 17.1 Å². The first kappa shape index (κ1) is 21.3. The smallest absolute Gasteiger partial charge is 0.340 e. The van der Waals surface area contributed by atoms with Gasteiger partial charge in [0.25, 0.3) is 5.91 Å². The van der Waals surface area contributed by atoms with Gasteiger partial charge in [0.2, 0.25) is 5.91 Å². The summed E-state index contributed by atoms with van der Waals surface area (Å²) in [5, 5.41) is 2.28. The fourth-order valence-corrected chi connectivity index (χ4v) is 2.36. The largest absolute Gasteiger partial charge is 0.452 e. The number of aryl methyl sites for hydroxylation is 1. The van der Waals surface area contributed by atoms with Gasteiger partial charge in [0, 0.05) is 12.7 Å². The molecule has 6 nitrogen and oxygen atoms in total. The number of rotatable bonds is 6. The van der Waals surface area contributed by atoms with Gasteiger partial charge >= 0.3 is 5.97 Å². The number of ether oxygens (including phenoxy) is 1. The number of nitrogens with zero attached hydrogens (tertiary/aromatic N) is 1. The van der Waals surface area contributed by atoms with Crippen LogP contribution in [-0.4, -0.2) is 42.9 Å². The Kier molecular flexibility index (Phi) is 7.06. The van der Waals surface area contributed by atoms with E-state index in [2.05, 4.69) is 5.32 Å². The molecule has 2 rings (SSSR count). The summed E-state index contributed by atoms with van der Waals surface area (Å²) >= 11 is 5.67. The third kappa shape index (κ3) is 5.75. The van der Waals surface area contributed by atoms with Crippen LogP contribution >= 0.6 is 11.6 Å². The highest BCUT2D eigenvalue weighted by Crippen LogP contribution is 2.20. The van der Waals surface area contributed by atoms with Gasteiger partial charge < -0.3 is 15.0 Å². The Labute approximate surface area is 165 Å². The number of nitrogens with one attached hydrogen (secondary N) is 1. The Morgan fingerprint density at radius 2 is 1.71 bits per heavy atom. The number of benzene rings is 2. The number of carbonyl (C=O) groups is 3. The highest BCUT2D eigenvalue weighted by atomic mass is 35.5. The molecule has 28 heavy (non-hydrogen) atoms. The van der Waals surface area contributed by atoms with E-state index in [0.717, 1.165) is 10.5 Å². The van der Waals surface area contributed by atoms with E-state index < -0.39 is 41.6 Å². The predicted molar refractivity (Wildman–Crippen MR) is 99.1 cm³/mol. The van der Waals surface area contributed by atoms with Crippen molar-refractivity contribution in [2.75, 3.05) is 25.5 Å². The number of likely N-dealkylation sites (N-methyl/N-ethyl adjacent to an activating group) is 1. The molecule has 0 heterocycles. The number of amides is 2. The quantitative estimate of drug-likeness (QED) is 0.586. The summed E-state index contributed by atoms with van der Waals surface area (Å²) < 4.78 is 31.0. The van der Waals surface area contributed by atoms with Crippen LogP contribution in [0.1, 0.15) is 15.9 Å². The van der Waals surface area contributed by atoms with Crippen LogP contribution in [0.4, 0.5) is 14.5 Å². The van der Waals surface area contributed by atoms with E-state index in [4.69, 9.17) is 16.3 Å². The summed E-state index contributed by atoms with van der Waals surface area (Å²) in [6.45, 7) is 0.950. The van der Waals surface area contributed by atoms with Crippen molar-refractivity contribution in [2.24, 2.45) is 0 Å². The molecule has 2 amide bonds. The number of anilines is 1. The zero-order valence-corrected chi connectivity index (χ0v) is 15.8. The molecule has 0 aliphatic heterocycles. The zero-order valence-electron chi connectivity index (χ0n) is 15.1. The fraction of sp³-hybridized carbons (Fsp3) is 0.211. The molecule has 0 atom stereocenters. The van der Waals surface area contributed by atoms with Gasteiger partial charge in [-0.1, -0.05) is 29.3 Å². The summed E-state index contributed by atoms with van der Waals surface area (Å²) in [5.41, 5.74) is 1.21. The number of halogens is 3. The van der Waals surface area contributed by atoms with E-state index in [1.807, 2.05) is 19.1 Å². The second-order valence-electron chi connectivity index (χ2n) is 5.99. The predicted octanol–water partition coefficient (Wildman–Crippen LogP) is 3.18. The molecule has 0 fully saturated rings. The van der Waals surface area contributed by atoms with E-state index in [9.17, 15) is 23.2 Å². The van der Waals surface area contributed by atoms with Gasteiger partial charge in [-0.05, 0) is 31.2 Å². The van der Waals surface area contributed by atoms with Crippen molar-refractivity contribution in [1.82, 2.24) is 4.90 Å². The molecule has 148 valence electrons. The monoisotopic (exact) mass is 410 g/mol. The van der Waals surface area contributed by atoms with Gasteiger partial charge in [0.15, 0.2) is 18.2 Å². The van der Waals surface area contributed by atoms with Crippen LogP contribution in [0.2, 0.25) is 5.02 Å². The van der Waals surface area contributed by atoms with E-state index >= 15 is 0 Å². The molecule has 9 heteroatoms.